The molecule has 0 heterocycles. The number of amides is 1. The Morgan fingerprint density at radius 3 is 2.35 bits per heavy atom. The Morgan fingerprint density at radius 1 is 0.957 bits per heavy atom. The molecular formula is C16H13Cl2NO4. The molecule has 0 atom stereocenters. The molecule has 7 heteroatoms. The first-order valence-corrected chi connectivity index (χ1v) is 7.38. The summed E-state index contributed by atoms with van der Waals surface area (Å²) in [6, 6.07) is 13.3. The maximum absolute atomic E-state index is 11.7. The van der Waals surface area contributed by atoms with E-state index in [0.717, 1.165) is 0 Å². The minimum Gasteiger partial charge on any atom is -0.482 e. The molecule has 0 aliphatic rings. The van der Waals surface area contributed by atoms with Gasteiger partial charge in [-0.25, -0.2) is 4.79 Å². The topological polar surface area (TPSA) is 64.6 Å². The van der Waals surface area contributed by atoms with Crippen molar-refractivity contribution in [2.45, 2.75) is 0 Å². The predicted molar refractivity (Wildman–Crippen MR) is 88.0 cm³/mol. The van der Waals surface area contributed by atoms with Gasteiger partial charge in [-0.05, 0) is 36.4 Å². The summed E-state index contributed by atoms with van der Waals surface area (Å²) in [5.41, 5.74) is 0.452. The van der Waals surface area contributed by atoms with E-state index < -0.39 is 18.5 Å². The number of benzene rings is 2. The number of rotatable bonds is 6. The van der Waals surface area contributed by atoms with Crippen LogP contribution in [0.25, 0.3) is 0 Å². The average Bonchev–Trinajstić information content (AvgIpc) is 2.54. The van der Waals surface area contributed by atoms with Gasteiger partial charge in [-0.1, -0.05) is 35.3 Å². The molecule has 2 aromatic carbocycles. The molecule has 0 aliphatic heterocycles. The minimum absolute atomic E-state index is 0.305. The third-order valence-electron chi connectivity index (χ3n) is 2.68. The second-order valence-corrected chi connectivity index (χ2v) is 5.27. The zero-order chi connectivity index (χ0) is 16.7. The van der Waals surface area contributed by atoms with Gasteiger partial charge < -0.3 is 14.8 Å². The van der Waals surface area contributed by atoms with Gasteiger partial charge >= 0.3 is 5.97 Å². The van der Waals surface area contributed by atoms with Gasteiger partial charge in [0.25, 0.3) is 5.91 Å². The molecule has 0 spiro atoms. The van der Waals surface area contributed by atoms with Crippen LogP contribution in [-0.4, -0.2) is 25.1 Å². The summed E-state index contributed by atoms with van der Waals surface area (Å²) in [7, 11) is 0. The molecule has 1 amide bonds. The maximum atomic E-state index is 11.7. The summed E-state index contributed by atoms with van der Waals surface area (Å²) < 4.78 is 10.0. The van der Waals surface area contributed by atoms with E-state index >= 15 is 0 Å². The average molecular weight is 354 g/mol. The normalized spacial score (nSPS) is 10.0. The number of halogens is 2. The van der Waals surface area contributed by atoms with Crippen molar-refractivity contribution in [1.29, 1.82) is 0 Å². The molecule has 0 unspecified atom stereocenters. The number of carbonyl (C=O) groups excluding carboxylic acids is 2. The van der Waals surface area contributed by atoms with Gasteiger partial charge in [-0.15, -0.1) is 0 Å². The molecule has 0 saturated carbocycles. The van der Waals surface area contributed by atoms with E-state index in [1.807, 2.05) is 0 Å². The lowest BCUT2D eigenvalue weighted by Gasteiger charge is -2.08. The van der Waals surface area contributed by atoms with E-state index in [1.165, 1.54) is 0 Å². The molecule has 5 nitrogen and oxygen atoms in total. The first kappa shape index (κ1) is 17.1. The fraction of sp³-hybridized carbons (Fsp3) is 0.125. The van der Waals surface area contributed by atoms with Gasteiger partial charge in [0.1, 0.15) is 5.75 Å². The Kier molecular flexibility index (Phi) is 6.26. The smallest absolute Gasteiger partial charge is 0.344 e. The van der Waals surface area contributed by atoms with Gasteiger partial charge in [0.2, 0.25) is 0 Å². The molecular weight excluding hydrogens is 341 g/mol. The molecule has 0 radical (unpaired) electrons. The van der Waals surface area contributed by atoms with Crippen LogP contribution in [0.4, 0.5) is 5.69 Å². The lowest BCUT2D eigenvalue weighted by atomic mass is 10.3. The SMILES string of the molecule is O=C(COC(=O)COc1ccc(Cl)cc1)Nc1ccccc1Cl. The van der Waals surface area contributed by atoms with Crippen LogP contribution in [0.3, 0.4) is 0 Å². The second-order valence-electron chi connectivity index (χ2n) is 4.43. The van der Waals surface area contributed by atoms with Gasteiger partial charge in [-0.3, -0.25) is 4.79 Å². The summed E-state index contributed by atoms with van der Waals surface area (Å²) in [4.78, 5) is 23.2. The van der Waals surface area contributed by atoms with Crippen LogP contribution in [0.15, 0.2) is 48.5 Å². The number of carbonyl (C=O) groups is 2. The van der Waals surface area contributed by atoms with Gasteiger partial charge in [0, 0.05) is 5.02 Å². The maximum Gasteiger partial charge on any atom is 0.344 e. The van der Waals surface area contributed by atoms with Gasteiger partial charge in [0.05, 0.1) is 10.7 Å². The van der Waals surface area contributed by atoms with Crippen LogP contribution in [-0.2, 0) is 14.3 Å². The van der Waals surface area contributed by atoms with Gasteiger partial charge in [0.15, 0.2) is 13.2 Å². The fourth-order valence-corrected chi connectivity index (χ4v) is 1.92. The number of nitrogens with one attached hydrogen (secondary N) is 1. The van der Waals surface area contributed by atoms with Crippen molar-refractivity contribution in [3.05, 3.63) is 58.6 Å². The van der Waals surface area contributed by atoms with Crippen LogP contribution < -0.4 is 10.1 Å². The molecule has 120 valence electrons. The monoisotopic (exact) mass is 353 g/mol. The Labute approximate surface area is 143 Å². The third kappa shape index (κ3) is 5.81. The highest BCUT2D eigenvalue weighted by atomic mass is 35.5. The van der Waals surface area contributed by atoms with Crippen LogP contribution in [0.1, 0.15) is 0 Å². The zero-order valence-electron chi connectivity index (χ0n) is 11.9. The number of anilines is 1. The van der Waals surface area contributed by atoms with E-state index in [9.17, 15) is 9.59 Å². The molecule has 0 aromatic heterocycles. The highest BCUT2D eigenvalue weighted by Crippen LogP contribution is 2.20. The number of esters is 1. The highest BCUT2D eigenvalue weighted by molar-refractivity contribution is 6.33. The Balaban J connectivity index is 1.72. The summed E-state index contributed by atoms with van der Waals surface area (Å²) >= 11 is 11.6. The standard InChI is InChI=1S/C16H13Cl2NO4/c17-11-5-7-12(8-6-11)22-10-16(21)23-9-15(20)19-14-4-2-1-3-13(14)18/h1-8H,9-10H2,(H,19,20). The summed E-state index contributed by atoms with van der Waals surface area (Å²) in [6.07, 6.45) is 0. The molecule has 2 rings (SSSR count). The van der Waals surface area contributed by atoms with Crippen LogP contribution >= 0.6 is 23.2 Å². The molecule has 0 fully saturated rings. The first-order chi connectivity index (χ1) is 11.0. The Bertz CT molecular complexity index is 689. The number of hydrogen-bond donors (Lipinski definition) is 1. The lowest BCUT2D eigenvalue weighted by molar-refractivity contribution is -0.149. The second kappa shape index (κ2) is 8.41. The van der Waals surface area contributed by atoms with Crippen molar-refractivity contribution in [3.8, 4) is 5.75 Å². The van der Waals surface area contributed by atoms with E-state index in [0.29, 0.717) is 21.5 Å². The molecule has 23 heavy (non-hydrogen) atoms. The summed E-state index contributed by atoms with van der Waals surface area (Å²) in [5, 5.41) is 3.51. The molecule has 0 saturated heterocycles. The number of ether oxygens (including phenoxy) is 2. The molecule has 0 bridgehead atoms. The molecule has 2 aromatic rings. The summed E-state index contributed by atoms with van der Waals surface area (Å²) in [5.74, 6) is -0.668. The number of para-hydroxylation sites is 1. The van der Waals surface area contributed by atoms with Crippen molar-refractivity contribution in [3.63, 3.8) is 0 Å². The Hall–Kier alpha value is -2.24. The highest BCUT2D eigenvalue weighted by Gasteiger charge is 2.10. The van der Waals surface area contributed by atoms with Crippen LogP contribution in [0.5, 0.6) is 5.75 Å². The molecule has 0 aliphatic carbocycles. The van der Waals surface area contributed by atoms with Crippen molar-refractivity contribution < 1.29 is 19.1 Å². The molecule has 1 N–H and O–H groups in total. The van der Waals surface area contributed by atoms with Gasteiger partial charge in [-0.2, -0.15) is 0 Å². The first-order valence-electron chi connectivity index (χ1n) is 6.63. The van der Waals surface area contributed by atoms with E-state index in [-0.39, 0.29) is 6.61 Å². The Morgan fingerprint density at radius 2 is 1.65 bits per heavy atom. The summed E-state index contributed by atoms with van der Waals surface area (Å²) in [6.45, 7) is -0.727. The van der Waals surface area contributed by atoms with E-state index in [4.69, 9.17) is 32.7 Å². The van der Waals surface area contributed by atoms with Crippen LogP contribution in [0.2, 0.25) is 10.0 Å². The predicted octanol–water partition coefficient (Wildman–Crippen LogP) is 3.55. The number of hydrogen-bond acceptors (Lipinski definition) is 4. The van der Waals surface area contributed by atoms with Crippen LogP contribution in [0, 0.1) is 0 Å². The van der Waals surface area contributed by atoms with E-state index in [1.54, 1.807) is 48.5 Å². The quantitative estimate of drug-likeness (QED) is 0.806. The lowest BCUT2D eigenvalue weighted by Crippen LogP contribution is -2.23. The van der Waals surface area contributed by atoms with Crippen molar-refractivity contribution in [1.82, 2.24) is 0 Å². The third-order valence-corrected chi connectivity index (χ3v) is 3.26. The fourth-order valence-electron chi connectivity index (χ4n) is 1.61. The van der Waals surface area contributed by atoms with Crippen molar-refractivity contribution >= 4 is 40.8 Å². The minimum atomic E-state index is -0.658. The van der Waals surface area contributed by atoms with Crippen molar-refractivity contribution in [2.24, 2.45) is 0 Å². The van der Waals surface area contributed by atoms with Crippen molar-refractivity contribution in [2.75, 3.05) is 18.5 Å². The largest absolute Gasteiger partial charge is 0.482 e. The zero-order valence-corrected chi connectivity index (χ0v) is 13.4. The van der Waals surface area contributed by atoms with E-state index in [2.05, 4.69) is 5.32 Å².